The van der Waals surface area contributed by atoms with E-state index in [4.69, 9.17) is 0 Å². The van der Waals surface area contributed by atoms with Gasteiger partial charge in [-0.05, 0) is 25.5 Å². The summed E-state index contributed by atoms with van der Waals surface area (Å²) < 4.78 is 1.72. The molecule has 3 aromatic rings. The van der Waals surface area contributed by atoms with E-state index < -0.39 is 0 Å². The molecular formula is C19H22N6O. The lowest BCUT2D eigenvalue weighted by Crippen LogP contribution is -2.48. The molecule has 0 saturated carbocycles. The third-order valence-electron chi connectivity index (χ3n) is 5.04. The second-order valence-electron chi connectivity index (χ2n) is 6.69. The Morgan fingerprint density at radius 3 is 2.65 bits per heavy atom. The van der Waals surface area contributed by atoms with Gasteiger partial charge in [-0.2, -0.15) is 5.10 Å². The predicted molar refractivity (Wildman–Crippen MR) is 97.9 cm³/mol. The number of piperazine rings is 1. The largest absolute Gasteiger partial charge is 0.336 e. The highest BCUT2D eigenvalue weighted by Gasteiger charge is 2.24. The number of pyridine rings is 1. The van der Waals surface area contributed by atoms with E-state index in [1.807, 2.05) is 30.2 Å². The summed E-state index contributed by atoms with van der Waals surface area (Å²) >= 11 is 0. The van der Waals surface area contributed by atoms with Crippen molar-refractivity contribution in [1.82, 2.24) is 29.4 Å². The van der Waals surface area contributed by atoms with E-state index in [2.05, 4.69) is 33.0 Å². The number of aryl methyl sites for hydroxylation is 2. The normalized spacial score (nSPS) is 15.5. The first-order valence-corrected chi connectivity index (χ1v) is 8.85. The van der Waals surface area contributed by atoms with Crippen molar-refractivity contribution in [2.75, 3.05) is 26.2 Å². The van der Waals surface area contributed by atoms with Gasteiger partial charge in [0.2, 0.25) is 0 Å². The van der Waals surface area contributed by atoms with E-state index in [0.29, 0.717) is 18.7 Å². The van der Waals surface area contributed by atoms with Crippen LogP contribution in [-0.4, -0.2) is 61.5 Å². The predicted octanol–water partition coefficient (Wildman–Crippen LogP) is 1.70. The van der Waals surface area contributed by atoms with Crippen LogP contribution in [0.1, 0.15) is 27.3 Å². The lowest BCUT2D eigenvalue weighted by atomic mass is 10.1. The number of hydrogen-bond donors (Lipinski definition) is 0. The van der Waals surface area contributed by atoms with Crippen molar-refractivity contribution in [3.05, 3.63) is 59.3 Å². The highest BCUT2D eigenvalue weighted by molar-refractivity contribution is 5.95. The number of hydrogen-bond acceptors (Lipinski definition) is 5. The molecule has 0 N–H and O–H groups in total. The van der Waals surface area contributed by atoms with Crippen LogP contribution in [0.15, 0.2) is 36.8 Å². The van der Waals surface area contributed by atoms with E-state index in [-0.39, 0.29) is 5.91 Å². The Morgan fingerprint density at radius 1 is 1.08 bits per heavy atom. The van der Waals surface area contributed by atoms with Crippen LogP contribution >= 0.6 is 0 Å². The molecule has 26 heavy (non-hydrogen) atoms. The van der Waals surface area contributed by atoms with Crippen LogP contribution < -0.4 is 0 Å². The number of amides is 1. The quantitative estimate of drug-likeness (QED) is 0.719. The second-order valence-corrected chi connectivity index (χ2v) is 6.69. The van der Waals surface area contributed by atoms with Crippen LogP contribution in [0.5, 0.6) is 0 Å². The van der Waals surface area contributed by atoms with Crippen LogP contribution in [0.3, 0.4) is 0 Å². The van der Waals surface area contributed by atoms with E-state index in [1.54, 1.807) is 16.9 Å². The third-order valence-corrected chi connectivity index (χ3v) is 5.04. The minimum absolute atomic E-state index is 0.0288. The zero-order chi connectivity index (χ0) is 18.1. The first-order valence-electron chi connectivity index (χ1n) is 8.85. The summed E-state index contributed by atoms with van der Waals surface area (Å²) in [4.78, 5) is 26.0. The maximum absolute atomic E-state index is 12.9. The van der Waals surface area contributed by atoms with Gasteiger partial charge >= 0.3 is 0 Å². The van der Waals surface area contributed by atoms with Gasteiger partial charge < -0.3 is 4.90 Å². The average Bonchev–Trinajstić information content (AvgIpc) is 3.14. The topological polar surface area (TPSA) is 66.6 Å². The van der Waals surface area contributed by atoms with Gasteiger partial charge in [-0.3, -0.25) is 14.7 Å². The van der Waals surface area contributed by atoms with E-state index in [0.717, 1.165) is 36.7 Å². The van der Waals surface area contributed by atoms with Crippen LogP contribution in [-0.2, 0) is 6.54 Å². The van der Waals surface area contributed by atoms with Crippen LogP contribution in [0.2, 0.25) is 0 Å². The van der Waals surface area contributed by atoms with Gasteiger partial charge in [0.25, 0.3) is 5.91 Å². The van der Waals surface area contributed by atoms with Gasteiger partial charge in [-0.25, -0.2) is 9.50 Å². The Hall–Kier alpha value is -2.80. The smallest absolute Gasteiger partial charge is 0.257 e. The monoisotopic (exact) mass is 350 g/mol. The van der Waals surface area contributed by atoms with Gasteiger partial charge in [0.15, 0.2) is 5.65 Å². The molecule has 1 aliphatic rings. The Kier molecular flexibility index (Phi) is 4.38. The molecule has 1 aliphatic heterocycles. The van der Waals surface area contributed by atoms with E-state index in [9.17, 15) is 4.79 Å². The van der Waals surface area contributed by atoms with Gasteiger partial charge in [0.1, 0.15) is 0 Å². The molecule has 0 aromatic carbocycles. The fourth-order valence-electron chi connectivity index (χ4n) is 3.38. The van der Waals surface area contributed by atoms with Crippen molar-refractivity contribution in [3.8, 4) is 0 Å². The molecule has 0 unspecified atom stereocenters. The SMILES string of the molecule is Cc1cccnc1CN1CCN(C(=O)c2cnc3ccnn3c2C)CC1. The van der Waals surface area contributed by atoms with Crippen molar-refractivity contribution < 1.29 is 4.79 Å². The van der Waals surface area contributed by atoms with Crippen molar-refractivity contribution in [3.63, 3.8) is 0 Å². The van der Waals surface area contributed by atoms with Crippen LogP contribution in [0.4, 0.5) is 0 Å². The summed E-state index contributed by atoms with van der Waals surface area (Å²) in [5.74, 6) is 0.0288. The fraction of sp³-hybridized carbons (Fsp3) is 0.368. The molecule has 0 bridgehead atoms. The first-order chi connectivity index (χ1) is 12.6. The molecule has 0 radical (unpaired) electrons. The second kappa shape index (κ2) is 6.84. The van der Waals surface area contributed by atoms with Gasteiger partial charge in [0.05, 0.1) is 23.1 Å². The van der Waals surface area contributed by atoms with Crippen molar-refractivity contribution >= 4 is 11.6 Å². The lowest BCUT2D eigenvalue weighted by molar-refractivity contribution is 0.0625. The Labute approximate surface area is 152 Å². The highest BCUT2D eigenvalue weighted by Crippen LogP contribution is 2.15. The highest BCUT2D eigenvalue weighted by atomic mass is 16.2. The Bertz CT molecular complexity index is 942. The molecule has 4 rings (SSSR count). The fourth-order valence-corrected chi connectivity index (χ4v) is 3.38. The van der Waals surface area contributed by atoms with Crippen LogP contribution in [0.25, 0.3) is 5.65 Å². The van der Waals surface area contributed by atoms with Crippen LogP contribution in [0, 0.1) is 13.8 Å². The summed E-state index contributed by atoms with van der Waals surface area (Å²) in [6.45, 7) is 7.94. The number of carbonyl (C=O) groups is 1. The van der Waals surface area contributed by atoms with Crippen molar-refractivity contribution in [2.24, 2.45) is 0 Å². The van der Waals surface area contributed by atoms with E-state index >= 15 is 0 Å². The summed E-state index contributed by atoms with van der Waals surface area (Å²) in [6, 6.07) is 5.88. The van der Waals surface area contributed by atoms with Gasteiger partial charge in [-0.1, -0.05) is 6.07 Å². The van der Waals surface area contributed by atoms with Crippen molar-refractivity contribution in [2.45, 2.75) is 20.4 Å². The molecule has 0 atom stereocenters. The average molecular weight is 350 g/mol. The number of aromatic nitrogens is 4. The van der Waals surface area contributed by atoms with Crippen molar-refractivity contribution in [1.29, 1.82) is 0 Å². The van der Waals surface area contributed by atoms with Gasteiger partial charge in [0, 0.05) is 51.2 Å². The maximum atomic E-state index is 12.9. The number of fused-ring (bicyclic) bond motifs is 1. The minimum Gasteiger partial charge on any atom is -0.336 e. The zero-order valence-electron chi connectivity index (χ0n) is 15.1. The summed E-state index contributed by atoms with van der Waals surface area (Å²) in [5.41, 5.74) is 4.53. The lowest BCUT2D eigenvalue weighted by Gasteiger charge is -2.34. The van der Waals surface area contributed by atoms with Gasteiger partial charge in [-0.15, -0.1) is 0 Å². The summed E-state index contributed by atoms with van der Waals surface area (Å²) in [5, 5.41) is 4.24. The molecule has 0 spiro atoms. The third kappa shape index (κ3) is 3.06. The molecule has 1 saturated heterocycles. The molecule has 7 heteroatoms. The number of nitrogens with zero attached hydrogens (tertiary/aromatic N) is 6. The summed E-state index contributed by atoms with van der Waals surface area (Å²) in [6.07, 6.45) is 5.20. The summed E-state index contributed by atoms with van der Waals surface area (Å²) in [7, 11) is 0. The zero-order valence-corrected chi connectivity index (χ0v) is 15.1. The standard InChI is InChI=1S/C19H22N6O/c1-14-4-3-6-20-17(14)13-23-8-10-24(11-9-23)19(26)16-12-21-18-5-7-22-25(18)15(16)2/h3-7,12H,8-11,13H2,1-2H3. The number of rotatable bonds is 3. The molecule has 1 amide bonds. The Morgan fingerprint density at radius 2 is 1.88 bits per heavy atom. The molecular weight excluding hydrogens is 328 g/mol. The molecule has 0 aliphatic carbocycles. The molecule has 3 aromatic heterocycles. The molecule has 1 fully saturated rings. The maximum Gasteiger partial charge on any atom is 0.257 e. The molecule has 134 valence electrons. The number of carbonyl (C=O) groups excluding carboxylic acids is 1. The van der Waals surface area contributed by atoms with E-state index in [1.165, 1.54) is 5.56 Å². The molecule has 4 heterocycles. The molecule has 7 nitrogen and oxygen atoms in total. The Balaban J connectivity index is 1.43. The first kappa shape index (κ1) is 16.7. The minimum atomic E-state index is 0.0288.